The smallest absolute Gasteiger partial charge is 0.233 e. The van der Waals surface area contributed by atoms with E-state index in [-0.39, 0.29) is 11.2 Å². The first-order valence-electron chi connectivity index (χ1n) is 6.56. The minimum absolute atomic E-state index is 0.129. The molecule has 3 rings (SSSR count). The highest BCUT2D eigenvalue weighted by atomic mass is 32.2. The summed E-state index contributed by atoms with van der Waals surface area (Å²) in [5, 5.41) is 10.3. The van der Waals surface area contributed by atoms with E-state index in [0.717, 1.165) is 35.0 Å². The quantitative estimate of drug-likeness (QED) is 0.939. The third-order valence-electron chi connectivity index (χ3n) is 3.15. The van der Waals surface area contributed by atoms with Crippen LogP contribution in [0.15, 0.2) is 17.6 Å². The lowest BCUT2D eigenvalue weighted by Gasteiger charge is -2.08. The summed E-state index contributed by atoms with van der Waals surface area (Å²) in [6.07, 6.45) is 4.03. The molecule has 1 amide bonds. The van der Waals surface area contributed by atoms with Crippen molar-refractivity contribution in [3.8, 4) is 10.7 Å². The van der Waals surface area contributed by atoms with Crippen LogP contribution in [0, 0.1) is 0 Å². The molecule has 0 saturated carbocycles. The second kappa shape index (κ2) is 5.97. The van der Waals surface area contributed by atoms with Crippen molar-refractivity contribution >= 4 is 29.0 Å². The minimum atomic E-state index is 0.129. The van der Waals surface area contributed by atoms with Gasteiger partial charge < -0.3 is 5.32 Å². The largest absolute Gasteiger partial charge is 0.349 e. The van der Waals surface area contributed by atoms with E-state index in [0.29, 0.717) is 6.54 Å². The predicted molar refractivity (Wildman–Crippen MR) is 81.6 cm³/mol. The van der Waals surface area contributed by atoms with Gasteiger partial charge in [-0.05, 0) is 24.7 Å². The number of carbonyl (C=O) groups excluding carboxylic acids is 1. The Morgan fingerprint density at radius 2 is 2.50 bits per heavy atom. The Hall–Kier alpha value is -1.34. The van der Waals surface area contributed by atoms with Crippen molar-refractivity contribution in [2.75, 3.05) is 5.75 Å². The lowest BCUT2D eigenvalue weighted by molar-refractivity contribution is -0.120. The van der Waals surface area contributed by atoms with Crippen molar-refractivity contribution < 1.29 is 4.79 Å². The standard InChI is InChI=1S/C13H16N4OS2/c1-17-5-4-10(16-17)13-15-9(8-20-13)7-14-12(18)11-3-2-6-19-11/h4-5,8,11H,2-3,6-7H2,1H3,(H,14,18). The van der Waals surface area contributed by atoms with Crippen LogP contribution in [0.25, 0.3) is 10.7 Å². The van der Waals surface area contributed by atoms with E-state index in [1.165, 1.54) is 0 Å². The lowest BCUT2D eigenvalue weighted by atomic mass is 10.2. The fraction of sp³-hybridized carbons (Fsp3) is 0.462. The number of thioether (sulfide) groups is 1. The fourth-order valence-electron chi connectivity index (χ4n) is 2.11. The number of amides is 1. The van der Waals surface area contributed by atoms with Crippen LogP contribution < -0.4 is 5.32 Å². The van der Waals surface area contributed by atoms with E-state index in [9.17, 15) is 4.79 Å². The van der Waals surface area contributed by atoms with Crippen LogP contribution in [0.4, 0.5) is 0 Å². The lowest BCUT2D eigenvalue weighted by Crippen LogP contribution is -2.30. The molecule has 0 radical (unpaired) electrons. The number of nitrogens with zero attached hydrogens (tertiary/aromatic N) is 3. The van der Waals surface area contributed by atoms with Crippen LogP contribution >= 0.6 is 23.1 Å². The molecule has 1 fully saturated rings. The van der Waals surface area contributed by atoms with Gasteiger partial charge in [-0.3, -0.25) is 9.48 Å². The number of nitrogens with one attached hydrogen (secondary N) is 1. The Kier molecular flexibility index (Phi) is 4.07. The van der Waals surface area contributed by atoms with E-state index in [2.05, 4.69) is 15.4 Å². The van der Waals surface area contributed by atoms with Crippen LogP contribution in [0.1, 0.15) is 18.5 Å². The second-order valence-corrected chi connectivity index (χ2v) is 6.91. The molecular formula is C13H16N4OS2. The van der Waals surface area contributed by atoms with Gasteiger partial charge >= 0.3 is 0 Å². The Balaban J connectivity index is 1.58. The molecule has 2 aromatic rings. The van der Waals surface area contributed by atoms with Gasteiger partial charge in [-0.2, -0.15) is 5.10 Å². The molecule has 2 aromatic heterocycles. The summed E-state index contributed by atoms with van der Waals surface area (Å²) in [7, 11) is 1.89. The first kappa shape index (κ1) is 13.6. The van der Waals surface area contributed by atoms with Crippen molar-refractivity contribution in [3.63, 3.8) is 0 Å². The highest BCUT2D eigenvalue weighted by Crippen LogP contribution is 2.26. The van der Waals surface area contributed by atoms with Gasteiger partial charge in [0.25, 0.3) is 0 Å². The highest BCUT2D eigenvalue weighted by Gasteiger charge is 2.23. The van der Waals surface area contributed by atoms with Crippen LogP contribution in [0.3, 0.4) is 0 Å². The normalized spacial score (nSPS) is 18.4. The van der Waals surface area contributed by atoms with Crippen molar-refractivity contribution in [1.82, 2.24) is 20.1 Å². The van der Waals surface area contributed by atoms with Gasteiger partial charge in [-0.1, -0.05) is 0 Å². The molecule has 0 bridgehead atoms. The van der Waals surface area contributed by atoms with E-state index in [1.54, 1.807) is 27.8 Å². The summed E-state index contributed by atoms with van der Waals surface area (Å²) in [4.78, 5) is 16.4. The van der Waals surface area contributed by atoms with E-state index in [1.807, 2.05) is 24.7 Å². The molecule has 0 aromatic carbocycles. The third-order valence-corrected chi connectivity index (χ3v) is 5.44. The maximum absolute atomic E-state index is 11.9. The zero-order valence-corrected chi connectivity index (χ0v) is 12.8. The molecule has 1 saturated heterocycles. The molecule has 1 atom stereocenters. The van der Waals surface area contributed by atoms with Crippen LogP contribution in [0.2, 0.25) is 0 Å². The highest BCUT2D eigenvalue weighted by molar-refractivity contribution is 8.00. The molecule has 0 spiro atoms. The number of hydrogen-bond acceptors (Lipinski definition) is 5. The van der Waals surface area contributed by atoms with Crippen molar-refractivity contribution in [1.29, 1.82) is 0 Å². The first-order valence-corrected chi connectivity index (χ1v) is 8.49. The number of aryl methyl sites for hydroxylation is 1. The van der Waals surface area contributed by atoms with Crippen LogP contribution in [-0.4, -0.2) is 31.7 Å². The predicted octanol–water partition coefficient (Wildman–Crippen LogP) is 2.06. The van der Waals surface area contributed by atoms with Gasteiger partial charge in [-0.25, -0.2) is 4.98 Å². The average Bonchev–Trinajstić information content (AvgIpc) is 3.16. The maximum Gasteiger partial charge on any atom is 0.233 e. The van der Waals surface area contributed by atoms with E-state index < -0.39 is 0 Å². The Bertz CT molecular complexity index is 601. The summed E-state index contributed by atoms with van der Waals surface area (Å²) in [6.45, 7) is 0.499. The zero-order chi connectivity index (χ0) is 13.9. The zero-order valence-electron chi connectivity index (χ0n) is 11.2. The molecule has 5 nitrogen and oxygen atoms in total. The van der Waals surface area contributed by atoms with Gasteiger partial charge in [0.2, 0.25) is 5.91 Å². The number of hydrogen-bond donors (Lipinski definition) is 1. The molecule has 3 heterocycles. The Morgan fingerprint density at radius 3 is 3.20 bits per heavy atom. The van der Waals surface area contributed by atoms with Crippen molar-refractivity contribution in [2.45, 2.75) is 24.6 Å². The van der Waals surface area contributed by atoms with Crippen LogP contribution in [0.5, 0.6) is 0 Å². The van der Waals surface area contributed by atoms with Gasteiger partial charge in [0, 0.05) is 18.6 Å². The Morgan fingerprint density at radius 1 is 1.60 bits per heavy atom. The Labute approximate surface area is 125 Å². The summed E-state index contributed by atoms with van der Waals surface area (Å²) in [5.74, 6) is 1.23. The third kappa shape index (κ3) is 3.04. The van der Waals surface area contributed by atoms with Crippen molar-refractivity contribution in [2.24, 2.45) is 7.05 Å². The molecule has 7 heteroatoms. The fourth-order valence-corrected chi connectivity index (χ4v) is 4.08. The number of thiazole rings is 1. The summed E-state index contributed by atoms with van der Waals surface area (Å²) in [6, 6.07) is 1.94. The number of rotatable bonds is 4. The van der Waals surface area contributed by atoms with E-state index >= 15 is 0 Å². The van der Waals surface area contributed by atoms with Gasteiger partial charge in [0.15, 0.2) is 0 Å². The molecular weight excluding hydrogens is 292 g/mol. The van der Waals surface area contributed by atoms with Gasteiger partial charge in [-0.15, -0.1) is 23.1 Å². The van der Waals surface area contributed by atoms with Crippen molar-refractivity contribution in [3.05, 3.63) is 23.3 Å². The first-order chi connectivity index (χ1) is 9.72. The summed E-state index contributed by atoms with van der Waals surface area (Å²) < 4.78 is 1.76. The second-order valence-electron chi connectivity index (χ2n) is 4.74. The molecule has 20 heavy (non-hydrogen) atoms. The van der Waals surface area contributed by atoms with Crippen LogP contribution in [-0.2, 0) is 18.4 Å². The molecule has 0 aliphatic carbocycles. The SMILES string of the molecule is Cn1ccc(-c2nc(CNC(=O)C3CCCS3)cs2)n1. The molecule has 1 unspecified atom stereocenters. The maximum atomic E-state index is 11.9. The molecule has 1 aliphatic rings. The minimum Gasteiger partial charge on any atom is -0.349 e. The number of carbonyl (C=O) groups is 1. The van der Waals surface area contributed by atoms with Gasteiger partial charge in [0.1, 0.15) is 10.7 Å². The summed E-state index contributed by atoms with van der Waals surface area (Å²) in [5.41, 5.74) is 1.77. The molecule has 106 valence electrons. The average molecular weight is 308 g/mol. The monoisotopic (exact) mass is 308 g/mol. The number of aromatic nitrogens is 3. The van der Waals surface area contributed by atoms with E-state index in [4.69, 9.17) is 0 Å². The molecule has 1 aliphatic heterocycles. The topological polar surface area (TPSA) is 59.8 Å². The molecule has 1 N–H and O–H groups in total. The summed E-state index contributed by atoms with van der Waals surface area (Å²) >= 11 is 3.30. The van der Waals surface area contributed by atoms with Gasteiger partial charge in [0.05, 0.1) is 17.5 Å².